The first-order chi connectivity index (χ1) is 14.9. The molecule has 1 atom stereocenters. The van der Waals surface area contributed by atoms with E-state index in [9.17, 15) is 18.4 Å². The molecule has 3 aromatic carbocycles. The summed E-state index contributed by atoms with van der Waals surface area (Å²) in [6, 6.07) is 16.9. The number of halogens is 2. The van der Waals surface area contributed by atoms with E-state index >= 15 is 0 Å². The molecule has 1 aliphatic heterocycles. The second-order valence-electron chi connectivity index (χ2n) is 7.67. The molecule has 0 fully saturated rings. The molecule has 6 heteroatoms. The van der Waals surface area contributed by atoms with Crippen LogP contribution in [0.4, 0.5) is 8.78 Å². The maximum absolute atomic E-state index is 14.0. The van der Waals surface area contributed by atoms with Gasteiger partial charge in [0.05, 0.1) is 0 Å². The number of hydrogen-bond donors (Lipinski definition) is 1. The molecular weight excluding hydrogens is 398 g/mol. The average molecular weight is 420 g/mol. The number of benzene rings is 3. The lowest BCUT2D eigenvalue weighted by Gasteiger charge is -2.36. The van der Waals surface area contributed by atoms with Gasteiger partial charge in [-0.3, -0.25) is 9.59 Å². The van der Waals surface area contributed by atoms with Gasteiger partial charge in [0.25, 0.3) is 5.91 Å². The van der Waals surface area contributed by atoms with Crippen molar-refractivity contribution in [2.24, 2.45) is 0 Å². The van der Waals surface area contributed by atoms with Crippen molar-refractivity contribution in [1.82, 2.24) is 10.2 Å². The molecular formula is C25H22F2N2O2. The highest BCUT2D eigenvalue weighted by atomic mass is 19.1. The summed E-state index contributed by atoms with van der Waals surface area (Å²) >= 11 is 0. The number of fused-ring (bicyclic) bond motifs is 1. The van der Waals surface area contributed by atoms with E-state index in [1.807, 2.05) is 43.3 Å². The molecule has 3 aromatic rings. The van der Waals surface area contributed by atoms with E-state index in [-0.39, 0.29) is 18.0 Å². The Hall–Kier alpha value is -3.54. The number of hydrogen-bond acceptors (Lipinski definition) is 2. The predicted molar refractivity (Wildman–Crippen MR) is 113 cm³/mol. The van der Waals surface area contributed by atoms with Crippen molar-refractivity contribution in [2.75, 3.05) is 6.54 Å². The Morgan fingerprint density at radius 1 is 1.03 bits per heavy atom. The summed E-state index contributed by atoms with van der Waals surface area (Å²) in [6.45, 7) is 2.15. The van der Waals surface area contributed by atoms with Gasteiger partial charge < -0.3 is 10.2 Å². The van der Waals surface area contributed by atoms with Crippen LogP contribution < -0.4 is 5.32 Å². The molecule has 158 valence electrons. The van der Waals surface area contributed by atoms with E-state index in [0.29, 0.717) is 18.5 Å². The summed E-state index contributed by atoms with van der Waals surface area (Å²) in [7, 11) is 0. The van der Waals surface area contributed by atoms with E-state index in [1.165, 1.54) is 0 Å². The van der Waals surface area contributed by atoms with E-state index in [0.717, 1.165) is 34.9 Å². The van der Waals surface area contributed by atoms with E-state index < -0.39 is 23.6 Å². The largest absolute Gasteiger partial charge is 0.350 e. The Morgan fingerprint density at radius 2 is 1.77 bits per heavy atom. The Morgan fingerprint density at radius 3 is 2.55 bits per heavy atom. The van der Waals surface area contributed by atoms with E-state index in [4.69, 9.17) is 0 Å². The summed E-state index contributed by atoms with van der Waals surface area (Å²) in [6.07, 6.45) is 0.635. The number of carbonyl (C=O) groups is 2. The smallest absolute Gasteiger partial charge is 0.254 e. The van der Waals surface area contributed by atoms with Crippen molar-refractivity contribution < 1.29 is 18.4 Å². The summed E-state index contributed by atoms with van der Waals surface area (Å²) in [5.41, 5.74) is 3.32. The molecule has 1 heterocycles. The standard InChI is InChI=1S/C25H22F2N2O2/c1-16-6-8-18(9-7-16)25(31)29-13-12-17-4-2-3-5-21(17)23(29)24(30)28-15-19-14-20(26)10-11-22(19)27/h2-11,14,23H,12-13,15H2,1H3,(H,28,30). The van der Waals surface area contributed by atoms with Crippen molar-refractivity contribution in [1.29, 1.82) is 0 Å². The minimum Gasteiger partial charge on any atom is -0.350 e. The highest BCUT2D eigenvalue weighted by Gasteiger charge is 2.36. The van der Waals surface area contributed by atoms with Gasteiger partial charge in [0, 0.05) is 24.2 Å². The van der Waals surface area contributed by atoms with Crippen LogP contribution in [0.15, 0.2) is 66.7 Å². The van der Waals surface area contributed by atoms with Gasteiger partial charge in [0.1, 0.15) is 17.7 Å². The maximum atomic E-state index is 14.0. The third kappa shape index (κ3) is 4.33. The fourth-order valence-corrected chi connectivity index (χ4v) is 3.89. The predicted octanol–water partition coefficient (Wildman–Crippen LogP) is 4.33. The summed E-state index contributed by atoms with van der Waals surface area (Å²) in [5.74, 6) is -1.86. The number of carbonyl (C=O) groups excluding carboxylic acids is 2. The molecule has 2 amide bonds. The highest BCUT2D eigenvalue weighted by Crippen LogP contribution is 2.31. The number of nitrogens with one attached hydrogen (secondary N) is 1. The molecule has 0 aliphatic carbocycles. The Labute approximate surface area is 179 Å². The zero-order chi connectivity index (χ0) is 22.0. The van der Waals surface area contributed by atoms with Gasteiger partial charge in [0.15, 0.2) is 0 Å². The van der Waals surface area contributed by atoms with Crippen LogP contribution in [-0.2, 0) is 17.8 Å². The first-order valence-corrected chi connectivity index (χ1v) is 10.1. The lowest BCUT2D eigenvalue weighted by Crippen LogP contribution is -2.47. The molecule has 4 nitrogen and oxygen atoms in total. The van der Waals surface area contributed by atoms with Crippen LogP contribution >= 0.6 is 0 Å². The Bertz CT molecular complexity index is 1130. The molecule has 0 saturated heterocycles. The Balaban J connectivity index is 1.63. The number of amides is 2. The number of rotatable bonds is 4. The number of nitrogens with zero attached hydrogens (tertiary/aromatic N) is 1. The zero-order valence-electron chi connectivity index (χ0n) is 17.1. The lowest BCUT2D eigenvalue weighted by molar-refractivity contribution is -0.126. The van der Waals surface area contributed by atoms with Crippen LogP contribution in [0.25, 0.3) is 0 Å². The molecule has 0 spiro atoms. The fourth-order valence-electron chi connectivity index (χ4n) is 3.89. The van der Waals surface area contributed by atoms with Gasteiger partial charge in [-0.2, -0.15) is 0 Å². The summed E-state index contributed by atoms with van der Waals surface area (Å²) in [4.78, 5) is 28.0. The topological polar surface area (TPSA) is 49.4 Å². The molecule has 31 heavy (non-hydrogen) atoms. The van der Waals surface area contributed by atoms with E-state index in [2.05, 4.69) is 5.32 Å². The van der Waals surface area contributed by atoms with Crippen LogP contribution in [-0.4, -0.2) is 23.3 Å². The molecule has 1 N–H and O–H groups in total. The summed E-state index contributed by atoms with van der Waals surface area (Å²) < 4.78 is 27.5. The van der Waals surface area contributed by atoms with Crippen LogP contribution in [0.1, 0.15) is 38.7 Å². The van der Waals surface area contributed by atoms with Crippen molar-refractivity contribution in [3.63, 3.8) is 0 Å². The summed E-state index contributed by atoms with van der Waals surface area (Å²) in [5, 5.41) is 2.68. The van der Waals surface area contributed by atoms with Crippen LogP contribution in [0.2, 0.25) is 0 Å². The molecule has 1 unspecified atom stereocenters. The first kappa shape index (κ1) is 20.7. The van der Waals surface area contributed by atoms with E-state index in [1.54, 1.807) is 17.0 Å². The van der Waals surface area contributed by atoms with Crippen LogP contribution in [0.3, 0.4) is 0 Å². The lowest BCUT2D eigenvalue weighted by atomic mass is 9.91. The monoisotopic (exact) mass is 420 g/mol. The molecule has 4 rings (SSSR count). The third-order valence-corrected chi connectivity index (χ3v) is 5.55. The van der Waals surface area contributed by atoms with Crippen molar-refractivity contribution >= 4 is 11.8 Å². The fraction of sp³-hybridized carbons (Fsp3) is 0.200. The molecule has 0 bridgehead atoms. The van der Waals surface area contributed by atoms with Crippen LogP contribution in [0.5, 0.6) is 0 Å². The molecule has 1 aliphatic rings. The first-order valence-electron chi connectivity index (χ1n) is 10.1. The molecule has 0 radical (unpaired) electrons. The second-order valence-corrected chi connectivity index (χ2v) is 7.67. The van der Waals surface area contributed by atoms with Crippen LogP contribution in [0, 0.1) is 18.6 Å². The van der Waals surface area contributed by atoms with Gasteiger partial charge in [0.2, 0.25) is 5.91 Å². The average Bonchev–Trinajstić information content (AvgIpc) is 2.78. The third-order valence-electron chi connectivity index (χ3n) is 5.55. The van der Waals surface area contributed by atoms with Gasteiger partial charge in [-0.15, -0.1) is 0 Å². The second kappa shape index (κ2) is 8.68. The van der Waals surface area contributed by atoms with Gasteiger partial charge in [-0.1, -0.05) is 42.0 Å². The number of aryl methyl sites for hydroxylation is 1. The Kier molecular flexibility index (Phi) is 5.80. The van der Waals surface area contributed by atoms with Gasteiger partial charge in [-0.25, -0.2) is 8.78 Å². The SMILES string of the molecule is Cc1ccc(C(=O)N2CCc3ccccc3C2C(=O)NCc2cc(F)ccc2F)cc1. The van der Waals surface area contributed by atoms with Crippen molar-refractivity contribution in [3.05, 3.63) is 106 Å². The minimum atomic E-state index is -0.852. The zero-order valence-corrected chi connectivity index (χ0v) is 17.1. The van der Waals surface area contributed by atoms with Crippen molar-refractivity contribution in [3.8, 4) is 0 Å². The van der Waals surface area contributed by atoms with Crippen molar-refractivity contribution in [2.45, 2.75) is 25.9 Å². The quantitative estimate of drug-likeness (QED) is 0.683. The van der Waals surface area contributed by atoms with Gasteiger partial charge in [-0.05, 0) is 54.8 Å². The minimum absolute atomic E-state index is 0.0499. The normalized spacial score (nSPS) is 15.3. The molecule has 0 saturated carbocycles. The molecule has 0 aromatic heterocycles. The maximum Gasteiger partial charge on any atom is 0.254 e. The highest BCUT2D eigenvalue weighted by molar-refractivity contribution is 5.98. The van der Waals surface area contributed by atoms with Gasteiger partial charge >= 0.3 is 0 Å².